The first-order chi connectivity index (χ1) is 12.7. The van der Waals surface area contributed by atoms with Crippen LogP contribution in [0.2, 0.25) is 0 Å². The molecular formula is C22H28N2S2. The van der Waals surface area contributed by atoms with E-state index >= 15 is 0 Å². The van der Waals surface area contributed by atoms with Gasteiger partial charge in [-0.2, -0.15) is 0 Å². The van der Waals surface area contributed by atoms with Gasteiger partial charge in [-0.1, -0.05) is 46.0 Å². The van der Waals surface area contributed by atoms with Crippen LogP contribution in [0.25, 0.3) is 20.1 Å². The maximum Gasteiger partial charge on any atom is 0.169 e. The van der Waals surface area contributed by atoms with E-state index in [4.69, 9.17) is 0 Å². The maximum absolute atomic E-state index is 4.57. The summed E-state index contributed by atoms with van der Waals surface area (Å²) < 4.78 is 2.80. The highest BCUT2D eigenvalue weighted by atomic mass is 32.1. The molecule has 0 bridgehead atoms. The summed E-state index contributed by atoms with van der Waals surface area (Å²) in [5, 5.41) is 0. The Bertz CT molecular complexity index is 807. The molecule has 26 heavy (non-hydrogen) atoms. The highest BCUT2D eigenvalue weighted by molar-refractivity contribution is 7.29. The van der Waals surface area contributed by atoms with Crippen LogP contribution in [0.15, 0.2) is 24.5 Å². The average molecular weight is 385 g/mol. The molecule has 3 heterocycles. The van der Waals surface area contributed by atoms with Gasteiger partial charge in [-0.05, 0) is 48.8 Å². The van der Waals surface area contributed by atoms with Gasteiger partial charge in [0.1, 0.15) is 0 Å². The first-order valence-corrected chi connectivity index (χ1v) is 11.7. The average Bonchev–Trinajstić information content (AvgIpc) is 3.21. The Kier molecular flexibility index (Phi) is 5.70. The van der Waals surface area contributed by atoms with E-state index in [1.807, 2.05) is 35.1 Å². The monoisotopic (exact) mass is 384 g/mol. The fourth-order valence-electron chi connectivity index (χ4n) is 3.98. The third-order valence-electron chi connectivity index (χ3n) is 5.66. The van der Waals surface area contributed by atoms with Gasteiger partial charge in [-0.25, -0.2) is 9.97 Å². The van der Waals surface area contributed by atoms with Crippen LogP contribution < -0.4 is 0 Å². The quantitative estimate of drug-likeness (QED) is 0.451. The minimum atomic E-state index is 0.871. The number of aryl methyl sites for hydroxylation is 2. The predicted octanol–water partition coefficient (Wildman–Crippen LogP) is 7.13. The van der Waals surface area contributed by atoms with Crippen LogP contribution >= 0.6 is 22.7 Å². The Balaban J connectivity index is 1.40. The molecule has 2 nitrogen and oxygen atoms in total. The van der Waals surface area contributed by atoms with E-state index in [2.05, 4.69) is 35.9 Å². The standard InChI is InChI=1S/C22H28N2S2/c1-3-4-17-13-23-22(24-14-17)21-12-20-19(26-21)11-18(25-20)10-9-16-7-5-15(2)6-8-16/h11-16H,3-10H2,1-2H3/t15-,16-. The number of hydrogen-bond donors (Lipinski definition) is 0. The Morgan fingerprint density at radius 3 is 2.38 bits per heavy atom. The van der Waals surface area contributed by atoms with Crippen LogP contribution in [0, 0.1) is 11.8 Å². The number of aromatic nitrogens is 2. The Labute approximate surface area is 164 Å². The molecule has 1 aliphatic carbocycles. The molecule has 0 unspecified atom stereocenters. The van der Waals surface area contributed by atoms with Crippen LogP contribution in [0.4, 0.5) is 0 Å². The molecule has 0 amide bonds. The van der Waals surface area contributed by atoms with Gasteiger partial charge in [-0.15, -0.1) is 22.7 Å². The third-order valence-corrected chi connectivity index (χ3v) is 8.01. The van der Waals surface area contributed by atoms with Crippen LogP contribution in [-0.2, 0) is 12.8 Å². The van der Waals surface area contributed by atoms with Crippen molar-refractivity contribution >= 4 is 32.1 Å². The van der Waals surface area contributed by atoms with Gasteiger partial charge < -0.3 is 0 Å². The van der Waals surface area contributed by atoms with E-state index < -0.39 is 0 Å². The summed E-state index contributed by atoms with van der Waals surface area (Å²) in [6.07, 6.45) is 14.5. The minimum absolute atomic E-state index is 0.871. The molecule has 0 spiro atoms. The second-order valence-corrected chi connectivity index (χ2v) is 10.1. The highest BCUT2D eigenvalue weighted by Gasteiger charge is 2.18. The lowest BCUT2D eigenvalue weighted by Crippen LogP contribution is -2.12. The van der Waals surface area contributed by atoms with Gasteiger partial charge in [0.25, 0.3) is 0 Å². The Morgan fingerprint density at radius 1 is 0.962 bits per heavy atom. The molecule has 0 saturated heterocycles. The molecule has 1 saturated carbocycles. The Hall–Kier alpha value is -1.26. The van der Waals surface area contributed by atoms with E-state index in [0.717, 1.165) is 30.5 Å². The molecule has 4 heteroatoms. The van der Waals surface area contributed by atoms with E-state index in [0.29, 0.717) is 0 Å². The van der Waals surface area contributed by atoms with Crippen molar-refractivity contribution in [1.82, 2.24) is 9.97 Å². The number of hydrogen-bond acceptors (Lipinski definition) is 4. The lowest BCUT2D eigenvalue weighted by atomic mass is 9.81. The number of rotatable bonds is 6. The van der Waals surface area contributed by atoms with Gasteiger partial charge in [0.15, 0.2) is 5.82 Å². The topological polar surface area (TPSA) is 25.8 Å². The predicted molar refractivity (Wildman–Crippen MR) is 114 cm³/mol. The molecule has 4 rings (SSSR count). The number of nitrogens with zero attached hydrogens (tertiary/aromatic N) is 2. The second kappa shape index (κ2) is 8.18. The maximum atomic E-state index is 4.57. The van der Waals surface area contributed by atoms with Crippen molar-refractivity contribution in [1.29, 1.82) is 0 Å². The zero-order chi connectivity index (χ0) is 17.9. The molecule has 0 aliphatic heterocycles. The van der Waals surface area contributed by atoms with Gasteiger partial charge in [0.05, 0.1) is 4.88 Å². The van der Waals surface area contributed by atoms with E-state index in [1.165, 1.54) is 58.4 Å². The summed E-state index contributed by atoms with van der Waals surface area (Å²) in [5.74, 6) is 2.78. The van der Waals surface area contributed by atoms with Crippen molar-refractivity contribution in [2.24, 2.45) is 11.8 Å². The summed E-state index contributed by atoms with van der Waals surface area (Å²) in [7, 11) is 0. The van der Waals surface area contributed by atoms with E-state index in [1.54, 1.807) is 4.88 Å². The number of fused-ring (bicyclic) bond motifs is 1. The normalized spacial score (nSPS) is 20.7. The van der Waals surface area contributed by atoms with Gasteiger partial charge >= 0.3 is 0 Å². The first-order valence-electron chi connectivity index (χ1n) is 10.0. The summed E-state index contributed by atoms with van der Waals surface area (Å²) in [4.78, 5) is 11.9. The smallest absolute Gasteiger partial charge is 0.169 e. The van der Waals surface area contributed by atoms with Gasteiger partial charge in [-0.3, -0.25) is 0 Å². The fourth-order valence-corrected chi connectivity index (χ4v) is 6.37. The zero-order valence-electron chi connectivity index (χ0n) is 15.8. The third kappa shape index (κ3) is 4.17. The number of thiophene rings is 2. The van der Waals surface area contributed by atoms with Crippen LogP contribution in [-0.4, -0.2) is 9.97 Å². The highest BCUT2D eigenvalue weighted by Crippen LogP contribution is 2.38. The van der Waals surface area contributed by atoms with Gasteiger partial charge in [0.2, 0.25) is 0 Å². The van der Waals surface area contributed by atoms with E-state index in [9.17, 15) is 0 Å². The van der Waals surface area contributed by atoms with Crippen molar-refractivity contribution in [2.45, 2.75) is 65.2 Å². The molecule has 0 radical (unpaired) electrons. The molecule has 3 aromatic heterocycles. The second-order valence-electron chi connectivity index (χ2n) is 7.88. The molecule has 0 N–H and O–H groups in total. The summed E-state index contributed by atoms with van der Waals surface area (Å²) in [6.45, 7) is 4.59. The van der Waals surface area contributed by atoms with Crippen LogP contribution in [0.1, 0.15) is 62.8 Å². The largest absolute Gasteiger partial charge is 0.236 e. The molecule has 1 fully saturated rings. The minimum Gasteiger partial charge on any atom is -0.236 e. The van der Waals surface area contributed by atoms with Gasteiger partial charge in [0, 0.05) is 26.7 Å². The lowest BCUT2D eigenvalue weighted by Gasteiger charge is -2.25. The summed E-state index contributed by atoms with van der Waals surface area (Å²) in [6, 6.07) is 4.69. The molecule has 0 atom stereocenters. The summed E-state index contributed by atoms with van der Waals surface area (Å²) >= 11 is 3.81. The molecule has 138 valence electrons. The Morgan fingerprint density at radius 2 is 1.69 bits per heavy atom. The first kappa shape index (κ1) is 18.1. The fraction of sp³-hybridized carbons (Fsp3) is 0.545. The SMILES string of the molecule is CCCc1cnc(-c2cc3sc(CC[C@H]4CC[C@H](C)CC4)cc3s2)nc1. The molecule has 1 aliphatic rings. The lowest BCUT2D eigenvalue weighted by molar-refractivity contribution is 0.278. The van der Waals surface area contributed by atoms with Crippen LogP contribution in [0.3, 0.4) is 0 Å². The summed E-state index contributed by atoms with van der Waals surface area (Å²) in [5.41, 5.74) is 1.23. The zero-order valence-corrected chi connectivity index (χ0v) is 17.5. The molecule has 0 aromatic carbocycles. The van der Waals surface area contributed by atoms with Crippen molar-refractivity contribution in [3.8, 4) is 10.7 Å². The van der Waals surface area contributed by atoms with Crippen molar-refractivity contribution < 1.29 is 0 Å². The molecule has 3 aromatic rings. The van der Waals surface area contributed by atoms with Crippen molar-refractivity contribution in [3.63, 3.8) is 0 Å². The van der Waals surface area contributed by atoms with Crippen molar-refractivity contribution in [3.05, 3.63) is 35.0 Å². The van der Waals surface area contributed by atoms with Crippen LogP contribution in [0.5, 0.6) is 0 Å². The molecular weight excluding hydrogens is 356 g/mol. The van der Waals surface area contributed by atoms with E-state index in [-0.39, 0.29) is 0 Å². The van der Waals surface area contributed by atoms with Crippen molar-refractivity contribution in [2.75, 3.05) is 0 Å².